The number of carbonyl (C=O) groups excluding carboxylic acids is 1. The molecular formula is C27H39N3OS. The predicted molar refractivity (Wildman–Crippen MR) is 135 cm³/mol. The lowest BCUT2D eigenvalue weighted by Gasteiger charge is -2.45. The number of aromatic nitrogens is 1. The molecule has 1 saturated heterocycles. The van der Waals surface area contributed by atoms with Gasteiger partial charge in [-0.15, -0.1) is 11.3 Å². The van der Waals surface area contributed by atoms with Crippen LogP contribution < -0.4 is 5.32 Å². The maximum absolute atomic E-state index is 12.6. The van der Waals surface area contributed by atoms with E-state index in [-0.39, 0.29) is 5.91 Å². The standard InChI is InChI=1S/C27H39N3OS/c1-19-8-10-22(11-9-19)24-18-32-26(28-24)29-25(31)16-20-12-14-30(15-13-20)17-23(27(2,3)4)21-6-5-7-21/h8-11,18,20-21,23H,5-7,12-17H2,1-4H3,(H,28,29,31). The fourth-order valence-corrected chi connectivity index (χ4v) is 5.98. The Labute approximate surface area is 197 Å². The summed E-state index contributed by atoms with van der Waals surface area (Å²) in [5.74, 6) is 2.31. The molecule has 5 heteroatoms. The van der Waals surface area contributed by atoms with Gasteiger partial charge in [0.05, 0.1) is 5.69 Å². The van der Waals surface area contributed by atoms with Gasteiger partial charge in [0, 0.05) is 23.9 Å². The number of aryl methyl sites for hydroxylation is 1. The number of likely N-dealkylation sites (tertiary alicyclic amines) is 1. The summed E-state index contributed by atoms with van der Waals surface area (Å²) >= 11 is 1.51. The van der Waals surface area contributed by atoms with Crippen molar-refractivity contribution in [2.24, 2.45) is 23.2 Å². The molecule has 1 N–H and O–H groups in total. The lowest BCUT2D eigenvalue weighted by Crippen LogP contribution is -2.44. The molecule has 1 aromatic carbocycles. The Morgan fingerprint density at radius 1 is 1.16 bits per heavy atom. The summed E-state index contributed by atoms with van der Waals surface area (Å²) in [5.41, 5.74) is 3.64. The Kier molecular flexibility index (Phi) is 7.36. The van der Waals surface area contributed by atoms with Crippen LogP contribution in [0.2, 0.25) is 0 Å². The molecule has 4 rings (SSSR count). The molecule has 4 nitrogen and oxygen atoms in total. The first-order valence-electron chi connectivity index (χ1n) is 12.3. The number of benzene rings is 1. The molecule has 1 aliphatic heterocycles. The highest BCUT2D eigenvalue weighted by molar-refractivity contribution is 7.14. The third-order valence-corrected chi connectivity index (χ3v) is 8.32. The van der Waals surface area contributed by atoms with Gasteiger partial charge in [0.25, 0.3) is 0 Å². The molecule has 32 heavy (non-hydrogen) atoms. The van der Waals surface area contributed by atoms with Crippen LogP contribution in [0.5, 0.6) is 0 Å². The number of carbonyl (C=O) groups is 1. The summed E-state index contributed by atoms with van der Waals surface area (Å²) in [5, 5.41) is 5.76. The molecular weight excluding hydrogens is 414 g/mol. The lowest BCUT2D eigenvalue weighted by molar-refractivity contribution is -0.117. The highest BCUT2D eigenvalue weighted by Gasteiger charge is 2.37. The van der Waals surface area contributed by atoms with Crippen molar-refractivity contribution in [1.29, 1.82) is 0 Å². The number of nitrogens with zero attached hydrogens (tertiary/aromatic N) is 2. The van der Waals surface area contributed by atoms with Gasteiger partial charge in [0.2, 0.25) is 5.91 Å². The van der Waals surface area contributed by atoms with Crippen molar-refractivity contribution in [3.8, 4) is 11.3 Å². The van der Waals surface area contributed by atoms with Gasteiger partial charge in [0.1, 0.15) is 0 Å². The number of anilines is 1. The Balaban J connectivity index is 1.23. The van der Waals surface area contributed by atoms with Gasteiger partial charge >= 0.3 is 0 Å². The number of nitrogens with one attached hydrogen (secondary N) is 1. The van der Waals surface area contributed by atoms with Gasteiger partial charge < -0.3 is 10.2 Å². The predicted octanol–water partition coefficient (Wildman–Crippen LogP) is 6.62. The van der Waals surface area contributed by atoms with Crippen molar-refractivity contribution >= 4 is 22.4 Å². The molecule has 0 spiro atoms. The van der Waals surface area contributed by atoms with E-state index in [9.17, 15) is 4.79 Å². The fraction of sp³-hybridized carbons (Fsp3) is 0.630. The Bertz CT molecular complexity index is 886. The number of hydrogen-bond donors (Lipinski definition) is 1. The minimum Gasteiger partial charge on any atom is -0.303 e. The second kappa shape index (κ2) is 10.0. The van der Waals surface area contributed by atoms with Gasteiger partial charge in [-0.25, -0.2) is 4.98 Å². The zero-order valence-electron chi connectivity index (χ0n) is 20.2. The summed E-state index contributed by atoms with van der Waals surface area (Å²) in [7, 11) is 0. The number of hydrogen-bond acceptors (Lipinski definition) is 4. The maximum atomic E-state index is 12.6. The van der Waals surface area contributed by atoms with Gasteiger partial charge in [-0.05, 0) is 56.0 Å². The van der Waals surface area contributed by atoms with Crippen molar-refractivity contribution in [2.45, 2.75) is 66.2 Å². The van der Waals surface area contributed by atoms with E-state index in [0.29, 0.717) is 22.9 Å². The molecule has 2 aliphatic rings. The van der Waals surface area contributed by atoms with Crippen molar-refractivity contribution < 1.29 is 4.79 Å². The first-order chi connectivity index (χ1) is 15.3. The van der Waals surface area contributed by atoms with Crippen LogP contribution in [0, 0.1) is 30.1 Å². The third-order valence-electron chi connectivity index (χ3n) is 7.57. The average molecular weight is 454 g/mol. The largest absolute Gasteiger partial charge is 0.303 e. The molecule has 2 aromatic rings. The molecule has 0 bridgehead atoms. The van der Waals surface area contributed by atoms with Gasteiger partial charge in [-0.2, -0.15) is 0 Å². The molecule has 1 saturated carbocycles. The smallest absolute Gasteiger partial charge is 0.226 e. The van der Waals surface area contributed by atoms with Crippen LogP contribution in [-0.2, 0) is 4.79 Å². The first-order valence-corrected chi connectivity index (χ1v) is 13.2. The van der Waals surface area contributed by atoms with E-state index in [0.717, 1.165) is 49.0 Å². The van der Waals surface area contributed by atoms with E-state index in [1.807, 2.05) is 5.38 Å². The van der Waals surface area contributed by atoms with Crippen molar-refractivity contribution in [2.75, 3.05) is 25.0 Å². The van der Waals surface area contributed by atoms with Crippen LogP contribution in [0.1, 0.15) is 64.9 Å². The van der Waals surface area contributed by atoms with E-state index in [4.69, 9.17) is 0 Å². The zero-order valence-corrected chi connectivity index (χ0v) is 21.0. The molecule has 1 atom stereocenters. The van der Waals surface area contributed by atoms with Crippen LogP contribution in [0.3, 0.4) is 0 Å². The SMILES string of the molecule is Cc1ccc(-c2csc(NC(=O)CC3CCN(CC(C4CCC4)C(C)(C)C)CC3)n2)cc1. The van der Waals surface area contributed by atoms with E-state index in [2.05, 4.69) is 67.2 Å². The normalized spacial score (nSPS) is 19.5. The first kappa shape index (κ1) is 23.4. The quantitative estimate of drug-likeness (QED) is 0.512. The van der Waals surface area contributed by atoms with Gasteiger partial charge in [-0.1, -0.05) is 69.9 Å². The van der Waals surface area contributed by atoms with Crippen LogP contribution in [0.4, 0.5) is 5.13 Å². The number of thiazole rings is 1. The van der Waals surface area contributed by atoms with E-state index in [1.54, 1.807) is 0 Å². The highest BCUT2D eigenvalue weighted by Crippen LogP contribution is 2.43. The van der Waals surface area contributed by atoms with Crippen molar-refractivity contribution in [3.63, 3.8) is 0 Å². The maximum Gasteiger partial charge on any atom is 0.226 e. The summed E-state index contributed by atoms with van der Waals surface area (Å²) in [6.45, 7) is 12.8. The van der Waals surface area contributed by atoms with Crippen molar-refractivity contribution in [1.82, 2.24) is 9.88 Å². The second-order valence-electron chi connectivity index (χ2n) is 11.1. The second-order valence-corrected chi connectivity index (χ2v) is 11.9. The van der Waals surface area contributed by atoms with E-state index >= 15 is 0 Å². The Hall–Kier alpha value is -1.72. The minimum absolute atomic E-state index is 0.107. The van der Waals surface area contributed by atoms with Gasteiger partial charge in [0.15, 0.2) is 5.13 Å². The summed E-state index contributed by atoms with van der Waals surface area (Å²) in [6.07, 6.45) is 7.11. The number of rotatable bonds is 7. The van der Waals surface area contributed by atoms with Crippen LogP contribution in [-0.4, -0.2) is 35.4 Å². The molecule has 174 valence electrons. The summed E-state index contributed by atoms with van der Waals surface area (Å²) < 4.78 is 0. The Morgan fingerprint density at radius 2 is 1.84 bits per heavy atom. The fourth-order valence-electron chi connectivity index (χ4n) is 5.24. The number of amides is 1. The highest BCUT2D eigenvalue weighted by atomic mass is 32.1. The molecule has 2 heterocycles. The number of piperidine rings is 1. The molecule has 1 aliphatic carbocycles. The van der Waals surface area contributed by atoms with Crippen LogP contribution in [0.15, 0.2) is 29.6 Å². The molecule has 2 fully saturated rings. The monoisotopic (exact) mass is 453 g/mol. The van der Waals surface area contributed by atoms with Crippen molar-refractivity contribution in [3.05, 3.63) is 35.2 Å². The van der Waals surface area contributed by atoms with Gasteiger partial charge in [-0.3, -0.25) is 4.79 Å². The van der Waals surface area contributed by atoms with Crippen LogP contribution >= 0.6 is 11.3 Å². The molecule has 1 unspecified atom stereocenters. The summed E-state index contributed by atoms with van der Waals surface area (Å²) in [4.78, 5) is 19.9. The summed E-state index contributed by atoms with van der Waals surface area (Å²) in [6, 6.07) is 8.35. The van der Waals surface area contributed by atoms with Crippen LogP contribution in [0.25, 0.3) is 11.3 Å². The molecule has 1 amide bonds. The minimum atomic E-state index is 0.107. The van der Waals surface area contributed by atoms with E-state index in [1.165, 1.54) is 42.7 Å². The Morgan fingerprint density at radius 3 is 2.44 bits per heavy atom. The average Bonchev–Trinajstić information content (AvgIpc) is 3.15. The van der Waals surface area contributed by atoms with E-state index < -0.39 is 0 Å². The third kappa shape index (κ3) is 5.99. The molecule has 0 radical (unpaired) electrons. The topological polar surface area (TPSA) is 45.2 Å². The molecule has 1 aromatic heterocycles. The lowest BCUT2D eigenvalue weighted by atomic mass is 9.65. The zero-order chi connectivity index (χ0) is 22.7.